The number of hydrogen-bond acceptors (Lipinski definition) is 6. The van der Waals surface area contributed by atoms with E-state index in [9.17, 15) is 14.7 Å². The molecule has 0 aromatic heterocycles. The monoisotopic (exact) mass is 332 g/mol. The molecule has 0 saturated heterocycles. The molecule has 0 radical (unpaired) electrons. The van der Waals surface area contributed by atoms with E-state index in [2.05, 4.69) is 0 Å². The smallest absolute Gasteiger partial charge is 0.222 e. The van der Waals surface area contributed by atoms with Gasteiger partial charge in [-0.25, -0.2) is 0 Å². The lowest BCUT2D eigenvalue weighted by Crippen LogP contribution is -2.40. The van der Waals surface area contributed by atoms with E-state index >= 15 is 0 Å². The van der Waals surface area contributed by atoms with Crippen LogP contribution in [0.5, 0.6) is 0 Å². The molecule has 0 heterocycles. The summed E-state index contributed by atoms with van der Waals surface area (Å²) < 4.78 is 10.1. The van der Waals surface area contributed by atoms with E-state index in [1.54, 1.807) is 6.92 Å². The average Bonchev–Trinajstić information content (AvgIpc) is 2.53. The van der Waals surface area contributed by atoms with Gasteiger partial charge in [0.25, 0.3) is 0 Å². The van der Waals surface area contributed by atoms with Crippen LogP contribution >= 0.6 is 0 Å². The summed E-state index contributed by atoms with van der Waals surface area (Å²) in [5.41, 5.74) is 5.43. The van der Waals surface area contributed by atoms with Crippen molar-refractivity contribution in [3.8, 4) is 0 Å². The molecule has 0 spiro atoms. The highest BCUT2D eigenvalue weighted by molar-refractivity contribution is 5.81. The summed E-state index contributed by atoms with van der Waals surface area (Å²) in [6, 6.07) is 0. The van der Waals surface area contributed by atoms with Crippen molar-refractivity contribution >= 4 is 11.7 Å². The molecule has 1 atom stereocenters. The Morgan fingerprint density at radius 3 is 2.48 bits per heavy atom. The molecule has 0 saturated carbocycles. The molecule has 0 fully saturated rings. The minimum Gasteiger partial charge on any atom is -0.374 e. The summed E-state index contributed by atoms with van der Waals surface area (Å²) in [5, 5.41) is 9.74. The molecule has 136 valence electrons. The van der Waals surface area contributed by atoms with Crippen molar-refractivity contribution in [1.82, 2.24) is 4.90 Å². The predicted octanol–water partition coefficient (Wildman–Crippen LogP) is 0.685. The van der Waals surface area contributed by atoms with Crippen LogP contribution in [0, 0.1) is 0 Å². The number of ketones is 1. The maximum atomic E-state index is 12.3. The van der Waals surface area contributed by atoms with Crippen LogP contribution < -0.4 is 5.73 Å². The van der Waals surface area contributed by atoms with Crippen LogP contribution in [0.3, 0.4) is 0 Å². The van der Waals surface area contributed by atoms with E-state index in [4.69, 9.17) is 15.2 Å². The number of unbranched alkanes of at least 4 members (excludes halogenated alkanes) is 2. The van der Waals surface area contributed by atoms with E-state index in [0.717, 1.165) is 19.3 Å². The number of nitrogens with zero attached hydrogens (tertiary/aromatic N) is 1. The summed E-state index contributed by atoms with van der Waals surface area (Å²) in [6.45, 7) is 5.46. The largest absolute Gasteiger partial charge is 0.374 e. The van der Waals surface area contributed by atoms with Crippen molar-refractivity contribution in [2.75, 3.05) is 39.5 Å². The van der Waals surface area contributed by atoms with Gasteiger partial charge < -0.3 is 25.2 Å². The lowest BCUT2D eigenvalue weighted by Gasteiger charge is -2.25. The van der Waals surface area contributed by atoms with Gasteiger partial charge in [0.1, 0.15) is 6.61 Å². The summed E-state index contributed by atoms with van der Waals surface area (Å²) in [7, 11) is 0. The highest BCUT2D eigenvalue weighted by Crippen LogP contribution is 2.06. The highest BCUT2D eigenvalue weighted by Gasteiger charge is 2.18. The molecule has 0 rings (SSSR count). The average molecular weight is 332 g/mol. The van der Waals surface area contributed by atoms with Gasteiger partial charge in [-0.2, -0.15) is 0 Å². The second kappa shape index (κ2) is 14.6. The van der Waals surface area contributed by atoms with Crippen molar-refractivity contribution < 1.29 is 24.2 Å². The maximum Gasteiger partial charge on any atom is 0.222 e. The number of nitrogens with two attached hydrogens (primary N) is 1. The molecule has 23 heavy (non-hydrogen) atoms. The minimum absolute atomic E-state index is 0.0568. The minimum atomic E-state index is -1.03. The third-order valence-corrected chi connectivity index (χ3v) is 3.31. The Kier molecular flexibility index (Phi) is 13.9. The molecule has 0 aliphatic rings. The van der Waals surface area contributed by atoms with Gasteiger partial charge in [0.15, 0.2) is 12.1 Å². The van der Waals surface area contributed by atoms with Crippen LogP contribution in [0.25, 0.3) is 0 Å². The normalized spacial score (nSPS) is 12.2. The molecule has 0 bridgehead atoms. The van der Waals surface area contributed by atoms with Gasteiger partial charge in [-0.3, -0.25) is 9.59 Å². The maximum absolute atomic E-state index is 12.3. The summed E-state index contributed by atoms with van der Waals surface area (Å²) in [6.07, 6.45) is 2.11. The molecule has 0 aromatic rings. The first-order chi connectivity index (χ1) is 11.0. The lowest BCUT2D eigenvalue weighted by atomic mass is 10.1. The molecular formula is C16H32N2O5. The topological polar surface area (TPSA) is 102 Å². The van der Waals surface area contributed by atoms with E-state index in [0.29, 0.717) is 26.2 Å². The third kappa shape index (κ3) is 12.1. The highest BCUT2D eigenvalue weighted by atomic mass is 16.6. The number of ether oxygens (including phenoxy) is 2. The molecule has 7 heteroatoms. The zero-order chi connectivity index (χ0) is 17.5. The quantitative estimate of drug-likeness (QED) is 0.338. The van der Waals surface area contributed by atoms with Gasteiger partial charge in [-0.05, 0) is 33.2 Å². The van der Waals surface area contributed by atoms with E-state index < -0.39 is 6.29 Å². The second-order valence-electron chi connectivity index (χ2n) is 5.27. The molecular weight excluding hydrogens is 300 g/mol. The Labute approximate surface area is 139 Å². The third-order valence-electron chi connectivity index (χ3n) is 3.31. The van der Waals surface area contributed by atoms with Crippen molar-refractivity contribution in [3.63, 3.8) is 0 Å². The Hall–Kier alpha value is -1.02. The van der Waals surface area contributed by atoms with Gasteiger partial charge >= 0.3 is 0 Å². The van der Waals surface area contributed by atoms with Crippen molar-refractivity contribution in [2.24, 2.45) is 5.73 Å². The van der Waals surface area contributed by atoms with E-state index in [-0.39, 0.29) is 37.8 Å². The van der Waals surface area contributed by atoms with Crippen LogP contribution in [-0.4, -0.2) is 67.4 Å². The number of aliphatic hydroxyl groups excluding tert-OH is 1. The first kappa shape index (κ1) is 22.0. The number of rotatable bonds is 15. The lowest BCUT2D eigenvalue weighted by molar-refractivity contribution is -0.144. The Balaban J connectivity index is 4.36. The predicted molar refractivity (Wildman–Crippen MR) is 87.9 cm³/mol. The number of hydrogen-bond donors (Lipinski definition) is 2. The summed E-state index contributed by atoms with van der Waals surface area (Å²) in [5.74, 6) is -0.135. The number of aliphatic hydroxyl groups is 1. The molecule has 7 nitrogen and oxygen atoms in total. The number of carbonyl (C=O) groups excluding carboxylic acids is 2. The van der Waals surface area contributed by atoms with Crippen molar-refractivity contribution in [2.45, 2.75) is 52.2 Å². The van der Waals surface area contributed by atoms with Crippen molar-refractivity contribution in [3.05, 3.63) is 0 Å². The summed E-state index contributed by atoms with van der Waals surface area (Å²) in [4.78, 5) is 25.4. The molecule has 0 aromatic carbocycles. The van der Waals surface area contributed by atoms with Crippen LogP contribution in [0.15, 0.2) is 0 Å². The molecule has 1 unspecified atom stereocenters. The van der Waals surface area contributed by atoms with Crippen LogP contribution in [-0.2, 0) is 19.1 Å². The van der Waals surface area contributed by atoms with Crippen LogP contribution in [0.2, 0.25) is 0 Å². The first-order valence-electron chi connectivity index (χ1n) is 8.42. The van der Waals surface area contributed by atoms with Crippen LogP contribution in [0.4, 0.5) is 0 Å². The number of Topliss-reactive ketones (excluding diaryl/α,β-unsaturated/α-hetero) is 1. The van der Waals surface area contributed by atoms with Gasteiger partial charge in [-0.15, -0.1) is 0 Å². The Morgan fingerprint density at radius 2 is 1.87 bits per heavy atom. The Bertz CT molecular complexity index is 326. The SMILES string of the molecule is CCOCC(=O)CCN(CC(O)OCC)C(=O)CCCCCN. The van der Waals surface area contributed by atoms with Gasteiger partial charge in [0.05, 0.1) is 6.54 Å². The Morgan fingerprint density at radius 1 is 1.13 bits per heavy atom. The standard InChI is InChI=1S/C16H32N2O5/c1-3-22-13-14(19)9-11-18(12-16(21)23-4-2)15(20)8-6-5-7-10-17/h16,21H,3-13,17H2,1-2H3. The molecule has 0 aliphatic heterocycles. The summed E-state index contributed by atoms with van der Waals surface area (Å²) >= 11 is 0. The zero-order valence-electron chi connectivity index (χ0n) is 14.5. The molecule has 1 amide bonds. The van der Waals surface area contributed by atoms with E-state index in [1.165, 1.54) is 4.90 Å². The zero-order valence-corrected chi connectivity index (χ0v) is 14.5. The van der Waals surface area contributed by atoms with Crippen LogP contribution in [0.1, 0.15) is 46.0 Å². The second-order valence-corrected chi connectivity index (χ2v) is 5.27. The molecule has 0 aliphatic carbocycles. The molecule has 3 N–H and O–H groups in total. The fourth-order valence-corrected chi connectivity index (χ4v) is 2.05. The van der Waals surface area contributed by atoms with Gasteiger partial charge in [0, 0.05) is 32.6 Å². The van der Waals surface area contributed by atoms with Gasteiger partial charge in [0.2, 0.25) is 5.91 Å². The fraction of sp³-hybridized carbons (Fsp3) is 0.875. The number of amides is 1. The first-order valence-corrected chi connectivity index (χ1v) is 8.42. The van der Waals surface area contributed by atoms with E-state index in [1.807, 2.05) is 6.92 Å². The van der Waals surface area contributed by atoms with Crippen molar-refractivity contribution in [1.29, 1.82) is 0 Å². The number of carbonyl (C=O) groups is 2. The van der Waals surface area contributed by atoms with Gasteiger partial charge in [-0.1, -0.05) is 6.42 Å². The fourth-order valence-electron chi connectivity index (χ4n) is 2.05.